The van der Waals surface area contributed by atoms with Gasteiger partial charge in [-0.15, -0.1) is 0 Å². The maximum absolute atomic E-state index is 11.0. The van der Waals surface area contributed by atoms with Crippen molar-refractivity contribution in [3.05, 3.63) is 71.3 Å². The van der Waals surface area contributed by atoms with Crippen LogP contribution >= 0.6 is 0 Å². The SMILES string of the molecule is COc1ccc2ccc(OC)c(/C=C(/C#N)c3ccc(C(=O)O)cc3)c2c1. The second kappa shape index (κ2) is 7.63. The predicted molar refractivity (Wildman–Crippen MR) is 104 cm³/mol. The van der Waals surface area contributed by atoms with Crippen molar-refractivity contribution in [2.24, 2.45) is 0 Å². The number of methoxy groups -OCH3 is 2. The van der Waals surface area contributed by atoms with Crippen molar-refractivity contribution < 1.29 is 19.4 Å². The molecule has 0 fully saturated rings. The number of fused-ring (bicyclic) bond motifs is 1. The maximum atomic E-state index is 11.0. The molecule has 0 aliphatic heterocycles. The lowest BCUT2D eigenvalue weighted by molar-refractivity contribution is 0.0697. The number of carboxylic acids is 1. The van der Waals surface area contributed by atoms with E-state index in [4.69, 9.17) is 14.6 Å². The Kier molecular flexibility index (Phi) is 5.09. The number of hydrogen-bond acceptors (Lipinski definition) is 4. The molecule has 1 N–H and O–H groups in total. The van der Waals surface area contributed by atoms with Crippen molar-refractivity contribution in [2.45, 2.75) is 0 Å². The van der Waals surface area contributed by atoms with Crippen LogP contribution in [0.25, 0.3) is 22.4 Å². The van der Waals surface area contributed by atoms with Gasteiger partial charge in [-0.2, -0.15) is 5.26 Å². The first-order chi connectivity index (χ1) is 13.1. The highest BCUT2D eigenvalue weighted by atomic mass is 16.5. The normalized spacial score (nSPS) is 11.1. The molecule has 0 aromatic heterocycles. The number of hydrogen-bond donors (Lipinski definition) is 1. The smallest absolute Gasteiger partial charge is 0.335 e. The van der Waals surface area contributed by atoms with Gasteiger partial charge in [0.25, 0.3) is 0 Å². The lowest BCUT2D eigenvalue weighted by Crippen LogP contribution is -1.96. The highest BCUT2D eigenvalue weighted by Gasteiger charge is 2.11. The van der Waals surface area contributed by atoms with Crippen LogP contribution in [0.15, 0.2) is 54.6 Å². The summed E-state index contributed by atoms with van der Waals surface area (Å²) in [6.07, 6.45) is 1.75. The predicted octanol–water partition coefficient (Wildman–Crippen LogP) is 4.62. The Labute approximate surface area is 156 Å². The Morgan fingerprint density at radius 2 is 1.67 bits per heavy atom. The van der Waals surface area contributed by atoms with Crippen molar-refractivity contribution in [2.75, 3.05) is 14.2 Å². The molecule has 3 rings (SSSR count). The third kappa shape index (κ3) is 3.60. The number of carboxylic acid groups (broad SMARTS) is 1. The largest absolute Gasteiger partial charge is 0.497 e. The minimum Gasteiger partial charge on any atom is -0.497 e. The number of nitriles is 1. The standard InChI is InChI=1S/C22H17NO4/c1-26-18-9-7-15-8-10-21(27-2)20(19(15)12-18)11-17(13-23)14-3-5-16(6-4-14)22(24)25/h3-12H,1-2H3,(H,24,25)/b17-11-. The minimum absolute atomic E-state index is 0.170. The van der Waals surface area contributed by atoms with Crippen LogP contribution in [0.2, 0.25) is 0 Å². The zero-order chi connectivity index (χ0) is 19.4. The fourth-order valence-electron chi connectivity index (χ4n) is 2.87. The number of rotatable bonds is 5. The number of allylic oxidation sites excluding steroid dienone is 1. The summed E-state index contributed by atoms with van der Waals surface area (Å²) < 4.78 is 10.8. The first-order valence-electron chi connectivity index (χ1n) is 8.17. The van der Waals surface area contributed by atoms with Crippen LogP contribution in [0.1, 0.15) is 21.5 Å². The molecule has 0 amide bonds. The first kappa shape index (κ1) is 18.0. The van der Waals surface area contributed by atoms with Gasteiger partial charge < -0.3 is 14.6 Å². The summed E-state index contributed by atoms with van der Waals surface area (Å²) in [6, 6.07) is 17.9. The summed E-state index contributed by atoms with van der Waals surface area (Å²) in [5.74, 6) is 0.326. The van der Waals surface area contributed by atoms with Crippen LogP contribution in [-0.4, -0.2) is 25.3 Å². The fourth-order valence-corrected chi connectivity index (χ4v) is 2.87. The van der Waals surface area contributed by atoms with E-state index in [9.17, 15) is 10.1 Å². The van der Waals surface area contributed by atoms with Gasteiger partial charge in [0.1, 0.15) is 11.5 Å². The lowest BCUT2D eigenvalue weighted by Gasteiger charge is -2.11. The van der Waals surface area contributed by atoms with Crippen LogP contribution in [-0.2, 0) is 0 Å². The van der Waals surface area contributed by atoms with Crippen molar-refractivity contribution in [1.82, 2.24) is 0 Å². The van der Waals surface area contributed by atoms with E-state index < -0.39 is 5.97 Å². The van der Waals surface area contributed by atoms with E-state index in [-0.39, 0.29) is 5.56 Å². The van der Waals surface area contributed by atoms with E-state index in [2.05, 4.69) is 6.07 Å². The summed E-state index contributed by atoms with van der Waals surface area (Å²) in [5.41, 5.74) is 1.96. The van der Waals surface area contributed by atoms with Gasteiger partial charge in [0.05, 0.1) is 31.4 Å². The molecule has 0 saturated heterocycles. The Balaban J connectivity index is 2.19. The molecule has 0 aliphatic rings. The van der Waals surface area contributed by atoms with Gasteiger partial charge in [-0.25, -0.2) is 4.79 Å². The molecule has 27 heavy (non-hydrogen) atoms. The molecule has 0 radical (unpaired) electrons. The Morgan fingerprint density at radius 3 is 2.26 bits per heavy atom. The van der Waals surface area contributed by atoms with Gasteiger partial charge in [-0.05, 0) is 52.7 Å². The summed E-state index contributed by atoms with van der Waals surface area (Å²) >= 11 is 0. The second-order valence-corrected chi connectivity index (χ2v) is 5.82. The van der Waals surface area contributed by atoms with Crippen molar-refractivity contribution in [1.29, 1.82) is 5.26 Å². The highest BCUT2D eigenvalue weighted by molar-refractivity contribution is 6.01. The van der Waals surface area contributed by atoms with Gasteiger partial charge in [0, 0.05) is 5.56 Å². The number of ether oxygens (including phenoxy) is 2. The van der Waals surface area contributed by atoms with Crippen LogP contribution in [0, 0.1) is 11.3 Å². The van der Waals surface area contributed by atoms with Crippen LogP contribution in [0.3, 0.4) is 0 Å². The molecule has 0 aliphatic carbocycles. The van der Waals surface area contributed by atoms with E-state index in [1.165, 1.54) is 12.1 Å². The summed E-state index contributed by atoms with van der Waals surface area (Å²) in [5, 5.41) is 20.6. The van der Waals surface area contributed by atoms with E-state index in [0.717, 1.165) is 16.3 Å². The number of carbonyl (C=O) groups is 1. The topological polar surface area (TPSA) is 79.5 Å². The number of benzene rings is 3. The average Bonchev–Trinajstić information content (AvgIpc) is 2.71. The van der Waals surface area contributed by atoms with Crippen LogP contribution in [0.5, 0.6) is 11.5 Å². The Hall–Kier alpha value is -3.78. The van der Waals surface area contributed by atoms with E-state index in [1.807, 2.05) is 30.3 Å². The van der Waals surface area contributed by atoms with Gasteiger partial charge >= 0.3 is 5.97 Å². The molecule has 0 saturated carbocycles. The molecule has 0 bridgehead atoms. The summed E-state index contributed by atoms with van der Waals surface area (Å²) in [4.78, 5) is 11.0. The van der Waals surface area contributed by atoms with Gasteiger partial charge in [-0.1, -0.05) is 24.3 Å². The van der Waals surface area contributed by atoms with Gasteiger partial charge in [-0.3, -0.25) is 0 Å². The van der Waals surface area contributed by atoms with Crippen molar-refractivity contribution >= 4 is 28.4 Å². The van der Waals surface area contributed by atoms with Crippen LogP contribution in [0.4, 0.5) is 0 Å². The van der Waals surface area contributed by atoms with E-state index >= 15 is 0 Å². The highest BCUT2D eigenvalue weighted by Crippen LogP contribution is 2.33. The number of aromatic carboxylic acids is 1. The molecule has 3 aromatic carbocycles. The van der Waals surface area contributed by atoms with Crippen molar-refractivity contribution in [3.63, 3.8) is 0 Å². The first-order valence-corrected chi connectivity index (χ1v) is 8.17. The minimum atomic E-state index is -1.01. The van der Waals surface area contributed by atoms with E-state index in [0.29, 0.717) is 22.6 Å². The molecule has 5 nitrogen and oxygen atoms in total. The summed E-state index contributed by atoms with van der Waals surface area (Å²) in [6.45, 7) is 0. The lowest BCUT2D eigenvalue weighted by atomic mass is 9.98. The molecule has 3 aromatic rings. The molecule has 134 valence electrons. The zero-order valence-electron chi connectivity index (χ0n) is 14.9. The molecule has 0 unspecified atom stereocenters. The molecular weight excluding hydrogens is 342 g/mol. The van der Waals surface area contributed by atoms with Gasteiger partial charge in [0.2, 0.25) is 0 Å². The summed E-state index contributed by atoms with van der Waals surface area (Å²) in [7, 11) is 3.17. The van der Waals surface area contributed by atoms with Crippen molar-refractivity contribution in [3.8, 4) is 17.6 Å². The molecule has 0 heterocycles. The Morgan fingerprint density at radius 1 is 1.00 bits per heavy atom. The van der Waals surface area contributed by atoms with Crippen LogP contribution < -0.4 is 9.47 Å². The van der Waals surface area contributed by atoms with E-state index in [1.54, 1.807) is 32.4 Å². The maximum Gasteiger partial charge on any atom is 0.335 e. The Bertz CT molecular complexity index is 1070. The molecular formula is C22H17NO4. The number of nitrogens with zero attached hydrogens (tertiary/aromatic N) is 1. The fraction of sp³-hybridized carbons (Fsp3) is 0.0909. The molecule has 0 spiro atoms. The quantitative estimate of drug-likeness (QED) is 0.531. The average molecular weight is 359 g/mol. The zero-order valence-corrected chi connectivity index (χ0v) is 14.9. The van der Waals surface area contributed by atoms with Gasteiger partial charge in [0.15, 0.2) is 0 Å². The monoisotopic (exact) mass is 359 g/mol. The molecule has 5 heteroatoms. The third-order valence-electron chi connectivity index (χ3n) is 4.30. The molecule has 0 atom stereocenters. The second-order valence-electron chi connectivity index (χ2n) is 5.82. The third-order valence-corrected chi connectivity index (χ3v) is 4.30.